The number of carbonyl (C=O) groups excluding carboxylic acids is 1. The van der Waals surface area contributed by atoms with Gasteiger partial charge in [0, 0.05) is 24.6 Å². The summed E-state index contributed by atoms with van der Waals surface area (Å²) >= 11 is 0. The number of methoxy groups -OCH3 is 1. The maximum atomic E-state index is 11.7. The number of non-ortho nitro benzene ring substituents is 2. The molecule has 0 fully saturated rings. The lowest BCUT2D eigenvalue weighted by atomic mass is 9.96. The Morgan fingerprint density at radius 3 is 1.68 bits per heavy atom. The van der Waals surface area contributed by atoms with E-state index in [1.54, 1.807) is 0 Å². The van der Waals surface area contributed by atoms with E-state index < -0.39 is 60.4 Å². The Kier molecular flexibility index (Phi) is 6.46. The van der Waals surface area contributed by atoms with Crippen LogP contribution in [0.3, 0.4) is 0 Å². The Hall–Kier alpha value is -4.57. The van der Waals surface area contributed by atoms with Crippen molar-refractivity contribution in [2.24, 2.45) is 0 Å². The third-order valence-electron chi connectivity index (χ3n) is 5.16. The number of nitrogens with zero attached hydrogens (tertiary/aromatic N) is 4. The van der Waals surface area contributed by atoms with Crippen LogP contribution in [0.5, 0.6) is 0 Å². The molecule has 34 heavy (non-hydrogen) atoms. The molecule has 0 bridgehead atoms. The van der Waals surface area contributed by atoms with Gasteiger partial charge in [0.2, 0.25) is 0 Å². The Labute approximate surface area is 188 Å². The van der Waals surface area contributed by atoms with Crippen molar-refractivity contribution in [3.05, 3.63) is 75.8 Å². The van der Waals surface area contributed by atoms with Crippen molar-refractivity contribution in [2.45, 2.75) is 18.9 Å². The maximum Gasteiger partial charge on any atom is 0.336 e. The highest BCUT2D eigenvalue weighted by Crippen LogP contribution is 2.54. The molecule has 3 rings (SSSR count). The lowest BCUT2D eigenvalue weighted by Gasteiger charge is -2.16. The number of benzene rings is 2. The smallest absolute Gasteiger partial charge is 0.336 e. The highest BCUT2D eigenvalue weighted by Gasteiger charge is 2.42. The Balaban J connectivity index is 2.25. The quantitative estimate of drug-likeness (QED) is 0.312. The van der Waals surface area contributed by atoms with Gasteiger partial charge in [-0.1, -0.05) is 0 Å². The summed E-state index contributed by atoms with van der Waals surface area (Å²) < 4.78 is 4.51. The summed E-state index contributed by atoms with van der Waals surface area (Å²) in [6.07, 6.45) is -1.09. The van der Waals surface area contributed by atoms with Gasteiger partial charge in [0.15, 0.2) is 6.10 Å². The van der Waals surface area contributed by atoms with Crippen LogP contribution in [0.25, 0.3) is 11.1 Å². The molecule has 0 radical (unpaired) electrons. The molecule has 0 heterocycles. The number of carbonyl (C=O) groups is 1. The molecule has 2 aromatic rings. The van der Waals surface area contributed by atoms with E-state index in [-0.39, 0.29) is 28.8 Å². The van der Waals surface area contributed by atoms with Crippen LogP contribution in [-0.2, 0) is 14.4 Å². The van der Waals surface area contributed by atoms with Crippen LogP contribution < -0.4 is 5.48 Å². The average Bonchev–Trinajstić information content (AvgIpc) is 3.10. The number of hydrogen-bond donors (Lipinski definition) is 1. The molecule has 16 heteroatoms. The molecule has 16 nitrogen and oxygen atoms in total. The van der Waals surface area contributed by atoms with Gasteiger partial charge in [0.05, 0.1) is 50.1 Å². The molecule has 0 aromatic heterocycles. The highest BCUT2D eigenvalue weighted by molar-refractivity contribution is 5.93. The molecule has 0 aliphatic heterocycles. The van der Waals surface area contributed by atoms with Gasteiger partial charge in [0.25, 0.3) is 22.7 Å². The molecule has 1 N–H and O–H groups in total. The zero-order valence-corrected chi connectivity index (χ0v) is 17.5. The predicted molar refractivity (Wildman–Crippen MR) is 111 cm³/mol. The van der Waals surface area contributed by atoms with Crippen LogP contribution in [0, 0.1) is 40.5 Å². The first-order valence-electron chi connectivity index (χ1n) is 9.38. The van der Waals surface area contributed by atoms with E-state index in [4.69, 9.17) is 4.84 Å². The summed E-state index contributed by atoms with van der Waals surface area (Å²) in [4.78, 5) is 59.3. The Morgan fingerprint density at radius 2 is 1.32 bits per heavy atom. The van der Waals surface area contributed by atoms with Crippen LogP contribution in [0.1, 0.15) is 24.0 Å². The minimum atomic E-state index is -1.09. The standard InChI is InChI=1S/C18H15N5O11/c1-8(18(24)33-2)34-19-7-13-11-3-9(20(25)26)5-14(22(29)30)16(11)17-12(13)4-10(21(27)28)6-15(17)23(31)32/h3-6,8,13,19H,7H2,1-2H3. The van der Waals surface area contributed by atoms with Crippen molar-refractivity contribution in [1.82, 2.24) is 5.48 Å². The molecule has 0 amide bonds. The average molecular weight is 477 g/mol. The fraction of sp³-hybridized carbons (Fsp3) is 0.278. The molecule has 1 atom stereocenters. The molecule has 1 aliphatic carbocycles. The predicted octanol–water partition coefficient (Wildman–Crippen LogP) is 2.51. The van der Waals surface area contributed by atoms with Crippen molar-refractivity contribution in [2.75, 3.05) is 13.7 Å². The Morgan fingerprint density at radius 1 is 0.882 bits per heavy atom. The van der Waals surface area contributed by atoms with E-state index in [1.165, 1.54) is 6.92 Å². The molecular formula is C18H15N5O11. The zero-order chi connectivity index (χ0) is 25.3. The minimum absolute atomic E-state index is 0.0404. The second-order valence-electron chi connectivity index (χ2n) is 7.07. The number of ether oxygens (including phenoxy) is 1. The molecule has 2 aromatic carbocycles. The summed E-state index contributed by atoms with van der Waals surface area (Å²) in [7, 11) is 1.13. The van der Waals surface area contributed by atoms with E-state index in [1.807, 2.05) is 0 Å². The summed E-state index contributed by atoms with van der Waals surface area (Å²) in [5, 5.41) is 46.2. The fourth-order valence-corrected chi connectivity index (χ4v) is 3.72. The number of rotatable bonds is 9. The molecule has 0 saturated heterocycles. The topological polar surface area (TPSA) is 220 Å². The fourth-order valence-electron chi connectivity index (χ4n) is 3.72. The van der Waals surface area contributed by atoms with E-state index in [0.29, 0.717) is 12.1 Å². The van der Waals surface area contributed by atoms with E-state index >= 15 is 0 Å². The molecule has 1 unspecified atom stereocenters. The van der Waals surface area contributed by atoms with Crippen molar-refractivity contribution in [1.29, 1.82) is 0 Å². The van der Waals surface area contributed by atoms with Gasteiger partial charge in [-0.15, -0.1) is 0 Å². The number of fused-ring (bicyclic) bond motifs is 3. The lowest BCUT2D eigenvalue weighted by Crippen LogP contribution is -2.31. The van der Waals surface area contributed by atoms with Crippen LogP contribution in [-0.4, -0.2) is 45.4 Å². The van der Waals surface area contributed by atoms with Crippen molar-refractivity contribution in [3.8, 4) is 11.1 Å². The zero-order valence-electron chi connectivity index (χ0n) is 17.5. The van der Waals surface area contributed by atoms with Gasteiger partial charge in [-0.05, 0) is 18.1 Å². The summed E-state index contributed by atoms with van der Waals surface area (Å²) in [6.45, 7) is 1.05. The molecule has 0 saturated carbocycles. The number of nitrogens with one attached hydrogen (secondary N) is 1. The van der Waals surface area contributed by atoms with Crippen molar-refractivity contribution < 1.29 is 34.1 Å². The van der Waals surface area contributed by atoms with E-state index in [2.05, 4.69) is 10.2 Å². The largest absolute Gasteiger partial charge is 0.467 e. The van der Waals surface area contributed by atoms with Crippen LogP contribution in [0.15, 0.2) is 24.3 Å². The SMILES string of the molecule is COC(=O)C(C)ONCC1c2cc([N+](=O)[O-])cc([N+](=O)[O-])c2-c2c1cc([N+](=O)[O-])cc2[N+](=O)[O-]. The monoisotopic (exact) mass is 477 g/mol. The summed E-state index contributed by atoms with van der Waals surface area (Å²) in [5.74, 6) is -1.80. The first kappa shape index (κ1) is 24.1. The second kappa shape index (κ2) is 9.12. The first-order valence-corrected chi connectivity index (χ1v) is 9.38. The van der Waals surface area contributed by atoms with Gasteiger partial charge in [-0.2, -0.15) is 0 Å². The van der Waals surface area contributed by atoms with Gasteiger partial charge < -0.3 is 4.74 Å². The Bertz CT molecular complexity index is 1160. The number of hydrogen-bond acceptors (Lipinski definition) is 12. The molecule has 178 valence electrons. The number of hydroxylamine groups is 1. The molecule has 0 spiro atoms. The molecular weight excluding hydrogens is 462 g/mol. The van der Waals surface area contributed by atoms with Crippen LogP contribution in [0.2, 0.25) is 0 Å². The second-order valence-corrected chi connectivity index (χ2v) is 7.07. The van der Waals surface area contributed by atoms with Crippen LogP contribution in [0.4, 0.5) is 22.7 Å². The highest BCUT2D eigenvalue weighted by atomic mass is 16.7. The van der Waals surface area contributed by atoms with E-state index in [9.17, 15) is 45.3 Å². The maximum absolute atomic E-state index is 11.7. The van der Waals surface area contributed by atoms with Crippen molar-refractivity contribution >= 4 is 28.7 Å². The summed E-state index contributed by atoms with van der Waals surface area (Å²) in [5.41, 5.74) is -1.01. The number of nitro groups is 4. The number of nitro benzene ring substituents is 4. The minimum Gasteiger partial charge on any atom is -0.467 e. The first-order chi connectivity index (χ1) is 16.0. The normalized spacial score (nSPS) is 13.0. The van der Waals surface area contributed by atoms with Gasteiger partial charge in [0.1, 0.15) is 0 Å². The third kappa shape index (κ3) is 4.21. The summed E-state index contributed by atoms with van der Waals surface area (Å²) in [6, 6.07) is 3.35. The van der Waals surface area contributed by atoms with E-state index in [0.717, 1.165) is 19.2 Å². The molecule has 1 aliphatic rings. The van der Waals surface area contributed by atoms with Crippen molar-refractivity contribution in [3.63, 3.8) is 0 Å². The third-order valence-corrected chi connectivity index (χ3v) is 5.16. The number of esters is 1. The van der Waals surface area contributed by atoms with Crippen LogP contribution >= 0.6 is 0 Å². The van der Waals surface area contributed by atoms with Gasteiger partial charge >= 0.3 is 5.97 Å². The van der Waals surface area contributed by atoms with Gasteiger partial charge in [-0.25, -0.2) is 10.3 Å². The lowest BCUT2D eigenvalue weighted by molar-refractivity contribution is -0.395. The van der Waals surface area contributed by atoms with Gasteiger partial charge in [-0.3, -0.25) is 45.3 Å².